The zero-order chi connectivity index (χ0) is 18.7. The maximum absolute atomic E-state index is 9.50. The Kier molecular flexibility index (Phi) is 6.63. The SMILES string of the molecule is CC(=NC(C)(C)CO)C(C)(C)Nc1c(C(C)C)cccc1C(C)C. The Morgan fingerprint density at radius 1 is 1.04 bits per heavy atom. The van der Waals surface area contributed by atoms with Crippen molar-refractivity contribution in [2.24, 2.45) is 4.99 Å². The van der Waals surface area contributed by atoms with Gasteiger partial charge in [-0.15, -0.1) is 0 Å². The van der Waals surface area contributed by atoms with E-state index in [4.69, 9.17) is 4.99 Å². The van der Waals surface area contributed by atoms with Gasteiger partial charge in [0.15, 0.2) is 0 Å². The van der Waals surface area contributed by atoms with Crippen LogP contribution in [0.15, 0.2) is 23.2 Å². The number of hydrogen-bond donors (Lipinski definition) is 2. The summed E-state index contributed by atoms with van der Waals surface area (Å²) in [6, 6.07) is 6.57. The number of nitrogens with zero attached hydrogens (tertiary/aromatic N) is 1. The largest absolute Gasteiger partial charge is 0.394 e. The van der Waals surface area contributed by atoms with Gasteiger partial charge >= 0.3 is 0 Å². The predicted octanol–water partition coefficient (Wildman–Crippen LogP) is 5.36. The molecule has 0 aliphatic carbocycles. The van der Waals surface area contributed by atoms with Crippen molar-refractivity contribution in [1.29, 1.82) is 0 Å². The van der Waals surface area contributed by atoms with Crippen LogP contribution in [0.1, 0.15) is 85.3 Å². The van der Waals surface area contributed by atoms with E-state index in [9.17, 15) is 5.11 Å². The fourth-order valence-corrected chi connectivity index (χ4v) is 2.73. The minimum Gasteiger partial charge on any atom is -0.394 e. The molecule has 1 rings (SSSR count). The van der Waals surface area contributed by atoms with Gasteiger partial charge < -0.3 is 10.4 Å². The second kappa shape index (κ2) is 7.69. The van der Waals surface area contributed by atoms with Crippen LogP contribution in [-0.2, 0) is 0 Å². The van der Waals surface area contributed by atoms with E-state index in [1.54, 1.807) is 0 Å². The molecule has 0 atom stereocenters. The Morgan fingerprint density at radius 2 is 1.50 bits per heavy atom. The van der Waals surface area contributed by atoms with Crippen LogP contribution in [0.5, 0.6) is 0 Å². The molecule has 3 heteroatoms. The van der Waals surface area contributed by atoms with Gasteiger partial charge in [-0.3, -0.25) is 4.99 Å². The lowest BCUT2D eigenvalue weighted by atomic mass is 9.89. The quantitative estimate of drug-likeness (QED) is 0.661. The van der Waals surface area contributed by atoms with Crippen molar-refractivity contribution in [2.75, 3.05) is 11.9 Å². The molecule has 2 N–H and O–H groups in total. The second-order valence-electron chi connectivity index (χ2n) is 8.54. The molecule has 0 unspecified atom stereocenters. The molecule has 0 saturated heterocycles. The van der Waals surface area contributed by atoms with Crippen molar-refractivity contribution < 1.29 is 5.11 Å². The Bertz CT molecular complexity index is 557. The van der Waals surface area contributed by atoms with Gasteiger partial charge in [-0.1, -0.05) is 45.9 Å². The summed E-state index contributed by atoms with van der Waals surface area (Å²) >= 11 is 0. The maximum atomic E-state index is 9.50. The van der Waals surface area contributed by atoms with Gasteiger partial charge in [-0.25, -0.2) is 0 Å². The lowest BCUT2D eigenvalue weighted by molar-refractivity contribution is 0.222. The molecule has 0 aliphatic rings. The van der Waals surface area contributed by atoms with Gasteiger partial charge in [0, 0.05) is 11.4 Å². The topological polar surface area (TPSA) is 44.6 Å². The van der Waals surface area contributed by atoms with Gasteiger partial charge in [-0.2, -0.15) is 0 Å². The zero-order valence-corrected chi connectivity index (χ0v) is 17.0. The highest BCUT2D eigenvalue weighted by atomic mass is 16.3. The number of aliphatic imine (C=N–C) groups is 1. The Balaban J connectivity index is 3.33. The molecule has 0 radical (unpaired) electrons. The van der Waals surface area contributed by atoms with Crippen LogP contribution in [-0.4, -0.2) is 28.5 Å². The highest BCUT2D eigenvalue weighted by molar-refractivity contribution is 5.94. The highest BCUT2D eigenvalue weighted by Crippen LogP contribution is 2.34. The summed E-state index contributed by atoms with van der Waals surface area (Å²) in [6.07, 6.45) is 0. The van der Waals surface area contributed by atoms with Gasteiger partial charge in [0.2, 0.25) is 0 Å². The second-order valence-corrected chi connectivity index (χ2v) is 8.54. The average Bonchev–Trinajstić information content (AvgIpc) is 2.46. The monoisotopic (exact) mass is 332 g/mol. The standard InChI is InChI=1S/C21H36N2O/c1-14(2)17-11-10-12-18(15(3)4)19(17)23-21(8,9)16(5)22-20(6,7)13-24/h10-12,14-15,23-24H,13H2,1-9H3. The highest BCUT2D eigenvalue weighted by Gasteiger charge is 2.27. The zero-order valence-electron chi connectivity index (χ0n) is 17.0. The van der Waals surface area contributed by atoms with Crippen molar-refractivity contribution in [1.82, 2.24) is 0 Å². The van der Waals surface area contributed by atoms with E-state index in [2.05, 4.69) is 65.1 Å². The summed E-state index contributed by atoms with van der Waals surface area (Å²) in [5, 5.41) is 13.3. The average molecular weight is 333 g/mol. The molecule has 3 nitrogen and oxygen atoms in total. The first kappa shape index (κ1) is 20.7. The van der Waals surface area contributed by atoms with Gasteiger partial charge in [0.1, 0.15) is 0 Å². The molecule has 0 spiro atoms. The van der Waals surface area contributed by atoms with E-state index in [1.807, 2.05) is 20.8 Å². The molecule has 0 saturated carbocycles. The van der Waals surface area contributed by atoms with Crippen LogP contribution in [0.3, 0.4) is 0 Å². The molecule has 1 aromatic rings. The first-order valence-corrected chi connectivity index (χ1v) is 9.00. The number of benzene rings is 1. The summed E-state index contributed by atoms with van der Waals surface area (Å²) in [4.78, 5) is 4.75. The molecular weight excluding hydrogens is 296 g/mol. The van der Waals surface area contributed by atoms with Crippen LogP contribution in [0.2, 0.25) is 0 Å². The minimum absolute atomic E-state index is 0.0419. The molecular formula is C21H36N2O. The fraction of sp³-hybridized carbons (Fsp3) is 0.667. The van der Waals surface area contributed by atoms with Crippen LogP contribution < -0.4 is 5.32 Å². The first-order chi connectivity index (χ1) is 10.9. The first-order valence-electron chi connectivity index (χ1n) is 9.00. The predicted molar refractivity (Wildman–Crippen MR) is 107 cm³/mol. The molecule has 24 heavy (non-hydrogen) atoms. The summed E-state index contributed by atoms with van der Waals surface area (Å²) < 4.78 is 0. The van der Waals surface area contributed by atoms with Crippen molar-refractivity contribution in [3.63, 3.8) is 0 Å². The molecule has 0 bridgehead atoms. The number of anilines is 1. The van der Waals surface area contributed by atoms with E-state index >= 15 is 0 Å². The maximum Gasteiger partial charge on any atom is 0.0782 e. The summed E-state index contributed by atoms with van der Waals surface area (Å²) in [7, 11) is 0. The molecule has 1 aromatic carbocycles. The van der Waals surface area contributed by atoms with E-state index in [0.29, 0.717) is 11.8 Å². The van der Waals surface area contributed by atoms with Crippen molar-refractivity contribution in [3.8, 4) is 0 Å². The summed E-state index contributed by atoms with van der Waals surface area (Å²) in [5.41, 5.74) is 4.15. The minimum atomic E-state index is -0.457. The number of aliphatic hydroxyl groups is 1. The lowest BCUT2D eigenvalue weighted by Crippen LogP contribution is -2.41. The third kappa shape index (κ3) is 5.07. The lowest BCUT2D eigenvalue weighted by Gasteiger charge is -2.33. The number of hydrogen-bond acceptors (Lipinski definition) is 3. The van der Waals surface area contributed by atoms with Crippen LogP contribution in [0.25, 0.3) is 0 Å². The van der Waals surface area contributed by atoms with E-state index in [0.717, 1.165) is 5.71 Å². The summed E-state index contributed by atoms with van der Waals surface area (Å²) in [6.45, 7) is 19.2. The Hall–Kier alpha value is -1.35. The molecule has 0 aromatic heterocycles. The van der Waals surface area contributed by atoms with Gasteiger partial charge in [0.05, 0.1) is 17.7 Å². The summed E-state index contributed by atoms with van der Waals surface area (Å²) in [5.74, 6) is 0.904. The number of rotatable bonds is 7. The number of para-hydroxylation sites is 1. The van der Waals surface area contributed by atoms with Crippen LogP contribution in [0.4, 0.5) is 5.69 Å². The molecule has 0 fully saturated rings. The van der Waals surface area contributed by atoms with Gasteiger partial charge in [-0.05, 0) is 57.6 Å². The fourth-order valence-electron chi connectivity index (χ4n) is 2.73. The van der Waals surface area contributed by atoms with Gasteiger partial charge in [0.25, 0.3) is 0 Å². The van der Waals surface area contributed by atoms with E-state index < -0.39 is 5.54 Å². The van der Waals surface area contributed by atoms with Crippen molar-refractivity contribution in [3.05, 3.63) is 29.3 Å². The Morgan fingerprint density at radius 3 is 1.88 bits per heavy atom. The van der Waals surface area contributed by atoms with E-state index in [1.165, 1.54) is 16.8 Å². The van der Waals surface area contributed by atoms with Crippen molar-refractivity contribution >= 4 is 11.4 Å². The van der Waals surface area contributed by atoms with Crippen LogP contribution >= 0.6 is 0 Å². The van der Waals surface area contributed by atoms with Crippen molar-refractivity contribution in [2.45, 2.75) is 85.2 Å². The molecule has 136 valence electrons. The number of nitrogens with one attached hydrogen (secondary N) is 1. The third-order valence-electron chi connectivity index (χ3n) is 4.57. The van der Waals surface area contributed by atoms with E-state index in [-0.39, 0.29) is 12.1 Å². The van der Waals surface area contributed by atoms with Crippen LogP contribution in [0, 0.1) is 0 Å². The normalized spacial score (nSPS) is 13.8. The molecule has 0 heterocycles. The third-order valence-corrected chi connectivity index (χ3v) is 4.57. The Labute approximate surface area is 148 Å². The molecule has 0 amide bonds. The smallest absolute Gasteiger partial charge is 0.0782 e. The number of aliphatic hydroxyl groups excluding tert-OH is 1. The molecule has 0 aliphatic heterocycles.